The zero-order chi connectivity index (χ0) is 11.4. The Morgan fingerprint density at radius 2 is 2.12 bits per heavy atom. The van der Waals surface area contributed by atoms with Gasteiger partial charge in [0.05, 0.1) is 0 Å². The molecule has 0 aliphatic carbocycles. The molecule has 0 bridgehead atoms. The third-order valence-corrected chi connectivity index (χ3v) is 2.95. The number of rotatable bonds is 4. The minimum absolute atomic E-state index is 0.247. The number of para-hydroxylation sites is 1. The molecule has 1 heterocycles. The number of benzene rings is 1. The van der Waals surface area contributed by atoms with Crippen LogP contribution in [-0.2, 0) is 11.2 Å². The highest BCUT2D eigenvalue weighted by molar-refractivity contribution is 5.96. The lowest BCUT2D eigenvalue weighted by molar-refractivity contribution is -0.118. The molecule has 16 heavy (non-hydrogen) atoms. The molecule has 0 saturated carbocycles. The van der Waals surface area contributed by atoms with E-state index < -0.39 is 0 Å². The molecule has 0 unspecified atom stereocenters. The highest BCUT2D eigenvalue weighted by atomic mass is 16.2. The number of hydrogen-bond donors (Lipinski definition) is 1. The number of carbonyl (C=O) groups excluding carboxylic acids is 1. The van der Waals surface area contributed by atoms with Gasteiger partial charge in [0.2, 0.25) is 5.91 Å². The molecule has 3 nitrogen and oxygen atoms in total. The largest absolute Gasteiger partial charge is 0.315 e. The summed E-state index contributed by atoms with van der Waals surface area (Å²) in [6.07, 6.45) is 1.52. The monoisotopic (exact) mass is 218 g/mol. The summed E-state index contributed by atoms with van der Waals surface area (Å²) in [5.74, 6) is 0.247. The topological polar surface area (TPSA) is 32.3 Å². The number of likely N-dealkylation sites (N-methyl/N-ethyl adjacent to an activating group) is 1. The van der Waals surface area contributed by atoms with Gasteiger partial charge < -0.3 is 10.2 Å². The van der Waals surface area contributed by atoms with E-state index in [1.807, 2.05) is 23.1 Å². The maximum atomic E-state index is 11.8. The summed E-state index contributed by atoms with van der Waals surface area (Å²) in [7, 11) is 0. The van der Waals surface area contributed by atoms with Crippen LogP contribution in [0.3, 0.4) is 0 Å². The highest BCUT2D eigenvalue weighted by Crippen LogP contribution is 2.26. The van der Waals surface area contributed by atoms with Crippen molar-refractivity contribution >= 4 is 11.6 Å². The van der Waals surface area contributed by atoms with Crippen LogP contribution in [0.2, 0.25) is 0 Å². The first-order valence-electron chi connectivity index (χ1n) is 5.92. The number of carbonyl (C=O) groups is 1. The van der Waals surface area contributed by atoms with Crippen LogP contribution in [0, 0.1) is 0 Å². The van der Waals surface area contributed by atoms with Crippen molar-refractivity contribution < 1.29 is 4.79 Å². The molecule has 0 fully saturated rings. The van der Waals surface area contributed by atoms with Crippen molar-refractivity contribution in [3.8, 4) is 0 Å². The Morgan fingerprint density at radius 3 is 2.94 bits per heavy atom. The van der Waals surface area contributed by atoms with Gasteiger partial charge in [0.15, 0.2) is 0 Å². The van der Waals surface area contributed by atoms with E-state index in [-0.39, 0.29) is 5.91 Å². The predicted octanol–water partition coefficient (Wildman–Crippen LogP) is 1.58. The predicted molar refractivity (Wildman–Crippen MR) is 65.7 cm³/mol. The first-order chi connectivity index (χ1) is 7.83. The van der Waals surface area contributed by atoms with E-state index in [4.69, 9.17) is 0 Å². The molecule has 0 aromatic heterocycles. The molecule has 2 rings (SSSR count). The van der Waals surface area contributed by atoms with Gasteiger partial charge in [-0.05, 0) is 24.6 Å². The summed E-state index contributed by atoms with van der Waals surface area (Å²) in [5, 5.41) is 3.25. The molecule has 1 amide bonds. The molecule has 1 aromatic carbocycles. The number of anilines is 1. The van der Waals surface area contributed by atoms with Gasteiger partial charge in [-0.3, -0.25) is 4.79 Å². The Labute approximate surface area is 96.5 Å². The van der Waals surface area contributed by atoms with Crippen molar-refractivity contribution in [1.29, 1.82) is 0 Å². The summed E-state index contributed by atoms with van der Waals surface area (Å²) >= 11 is 0. The fourth-order valence-electron chi connectivity index (χ4n) is 2.11. The van der Waals surface area contributed by atoms with Gasteiger partial charge >= 0.3 is 0 Å². The first kappa shape index (κ1) is 11.1. The van der Waals surface area contributed by atoms with Crippen LogP contribution in [0.15, 0.2) is 24.3 Å². The standard InChI is InChI=1S/C13H18N2O/c1-2-14-9-10-15-12-6-4-3-5-11(12)7-8-13(15)16/h3-6,14H,2,7-10H2,1H3. The number of nitrogens with zero attached hydrogens (tertiary/aromatic N) is 1. The van der Waals surface area contributed by atoms with E-state index in [1.165, 1.54) is 5.56 Å². The van der Waals surface area contributed by atoms with Gasteiger partial charge in [-0.25, -0.2) is 0 Å². The number of amides is 1. The molecule has 0 atom stereocenters. The van der Waals surface area contributed by atoms with E-state index in [9.17, 15) is 4.79 Å². The quantitative estimate of drug-likeness (QED) is 0.778. The van der Waals surface area contributed by atoms with Gasteiger partial charge in [-0.15, -0.1) is 0 Å². The molecular weight excluding hydrogens is 200 g/mol. The second-order valence-electron chi connectivity index (χ2n) is 4.03. The van der Waals surface area contributed by atoms with Gasteiger partial charge in [-0.2, -0.15) is 0 Å². The SMILES string of the molecule is CCNCCN1C(=O)CCc2ccccc21. The van der Waals surface area contributed by atoms with Gasteiger partial charge in [0.1, 0.15) is 0 Å². The summed E-state index contributed by atoms with van der Waals surface area (Å²) < 4.78 is 0. The lowest BCUT2D eigenvalue weighted by Gasteiger charge is -2.29. The number of nitrogens with one attached hydrogen (secondary N) is 1. The van der Waals surface area contributed by atoms with E-state index >= 15 is 0 Å². The van der Waals surface area contributed by atoms with Gasteiger partial charge in [0.25, 0.3) is 0 Å². The molecular formula is C13H18N2O. The van der Waals surface area contributed by atoms with E-state index in [2.05, 4.69) is 18.3 Å². The second-order valence-corrected chi connectivity index (χ2v) is 4.03. The van der Waals surface area contributed by atoms with Crippen molar-refractivity contribution in [3.63, 3.8) is 0 Å². The van der Waals surface area contributed by atoms with E-state index in [0.717, 1.165) is 31.7 Å². The van der Waals surface area contributed by atoms with Crippen LogP contribution in [0.4, 0.5) is 5.69 Å². The third-order valence-electron chi connectivity index (χ3n) is 2.95. The van der Waals surface area contributed by atoms with Crippen LogP contribution in [0.5, 0.6) is 0 Å². The average molecular weight is 218 g/mol. The second kappa shape index (κ2) is 5.12. The normalized spacial score (nSPS) is 15.1. The highest BCUT2D eigenvalue weighted by Gasteiger charge is 2.22. The van der Waals surface area contributed by atoms with Gasteiger partial charge in [0, 0.05) is 25.2 Å². The first-order valence-corrected chi connectivity index (χ1v) is 5.92. The Balaban J connectivity index is 2.13. The summed E-state index contributed by atoms with van der Waals surface area (Å²) in [6.45, 7) is 4.65. The molecule has 1 aliphatic rings. The van der Waals surface area contributed by atoms with Crippen LogP contribution < -0.4 is 10.2 Å². The minimum atomic E-state index is 0.247. The molecule has 0 saturated heterocycles. The van der Waals surface area contributed by atoms with Crippen LogP contribution in [0.1, 0.15) is 18.9 Å². The Bertz CT molecular complexity index is 376. The van der Waals surface area contributed by atoms with E-state index in [1.54, 1.807) is 0 Å². The lowest BCUT2D eigenvalue weighted by Crippen LogP contribution is -2.39. The molecule has 0 spiro atoms. The Hall–Kier alpha value is -1.35. The average Bonchev–Trinajstić information content (AvgIpc) is 2.32. The van der Waals surface area contributed by atoms with Crippen molar-refractivity contribution in [2.45, 2.75) is 19.8 Å². The summed E-state index contributed by atoms with van der Waals surface area (Å²) in [4.78, 5) is 13.8. The zero-order valence-corrected chi connectivity index (χ0v) is 9.70. The molecule has 86 valence electrons. The fraction of sp³-hybridized carbons (Fsp3) is 0.462. The van der Waals surface area contributed by atoms with Gasteiger partial charge in [-0.1, -0.05) is 25.1 Å². The molecule has 3 heteroatoms. The van der Waals surface area contributed by atoms with Crippen molar-refractivity contribution in [2.75, 3.05) is 24.5 Å². The van der Waals surface area contributed by atoms with Crippen LogP contribution >= 0.6 is 0 Å². The van der Waals surface area contributed by atoms with Crippen molar-refractivity contribution in [2.24, 2.45) is 0 Å². The maximum absolute atomic E-state index is 11.8. The molecule has 0 radical (unpaired) electrons. The summed E-state index contributed by atoms with van der Waals surface area (Å²) in [5.41, 5.74) is 2.38. The maximum Gasteiger partial charge on any atom is 0.227 e. The van der Waals surface area contributed by atoms with Crippen molar-refractivity contribution in [1.82, 2.24) is 5.32 Å². The number of fused-ring (bicyclic) bond motifs is 1. The Morgan fingerprint density at radius 1 is 1.31 bits per heavy atom. The third kappa shape index (κ3) is 2.25. The molecule has 1 aromatic rings. The summed E-state index contributed by atoms with van der Waals surface area (Å²) in [6, 6.07) is 8.19. The van der Waals surface area contributed by atoms with Crippen LogP contribution in [-0.4, -0.2) is 25.5 Å². The van der Waals surface area contributed by atoms with Crippen molar-refractivity contribution in [3.05, 3.63) is 29.8 Å². The lowest BCUT2D eigenvalue weighted by atomic mass is 10.0. The van der Waals surface area contributed by atoms with Crippen LogP contribution in [0.25, 0.3) is 0 Å². The molecule has 1 N–H and O–H groups in total. The minimum Gasteiger partial charge on any atom is -0.315 e. The number of aryl methyl sites for hydroxylation is 1. The van der Waals surface area contributed by atoms with E-state index in [0.29, 0.717) is 6.42 Å². The molecule has 1 aliphatic heterocycles. The number of hydrogen-bond acceptors (Lipinski definition) is 2. The smallest absolute Gasteiger partial charge is 0.227 e. The Kier molecular flexibility index (Phi) is 3.57. The fourth-order valence-corrected chi connectivity index (χ4v) is 2.11. The zero-order valence-electron chi connectivity index (χ0n) is 9.70.